The molecule has 1 heterocycles. The molecule has 128 valence electrons. The second kappa shape index (κ2) is 6.33. The molecule has 0 radical (unpaired) electrons. The van der Waals surface area contributed by atoms with Crippen molar-refractivity contribution < 1.29 is 18.7 Å². The van der Waals surface area contributed by atoms with E-state index in [-0.39, 0.29) is 35.1 Å². The third kappa shape index (κ3) is 3.34. The topological polar surface area (TPSA) is 44.8 Å². The van der Waals surface area contributed by atoms with E-state index in [4.69, 9.17) is 20.3 Å². The minimum atomic E-state index is -1.99. The van der Waals surface area contributed by atoms with Crippen molar-refractivity contribution in [3.63, 3.8) is 0 Å². The summed E-state index contributed by atoms with van der Waals surface area (Å²) in [6.07, 6.45) is 8.64. The molecule has 0 amide bonds. The lowest BCUT2D eigenvalue weighted by molar-refractivity contribution is -0.142. The molecule has 0 saturated heterocycles. The fourth-order valence-corrected chi connectivity index (χ4v) is 4.32. The van der Waals surface area contributed by atoms with Gasteiger partial charge in [0.2, 0.25) is 0 Å². The monoisotopic (exact) mass is 336 g/mol. The maximum Gasteiger partial charge on any atom is 0.337 e. The lowest BCUT2D eigenvalue weighted by atomic mass is 9.83. The summed E-state index contributed by atoms with van der Waals surface area (Å²) in [6, 6.07) is 0. The number of methoxy groups -OCH3 is 1. The van der Waals surface area contributed by atoms with Gasteiger partial charge in [0, 0.05) is 17.8 Å². The highest BCUT2D eigenvalue weighted by Crippen LogP contribution is 2.49. The first-order valence-corrected chi connectivity index (χ1v) is 11.1. The Kier molecular flexibility index (Phi) is 4.98. The van der Waals surface area contributed by atoms with Crippen molar-refractivity contribution in [2.45, 2.75) is 58.0 Å². The fraction of sp³-hybridized carbons (Fsp3) is 0.722. The first-order chi connectivity index (χ1) is 10.6. The molecule has 0 aromatic heterocycles. The van der Waals surface area contributed by atoms with Gasteiger partial charge in [0.15, 0.2) is 14.6 Å². The van der Waals surface area contributed by atoms with Crippen LogP contribution in [-0.2, 0) is 18.7 Å². The van der Waals surface area contributed by atoms with Gasteiger partial charge in [-0.1, -0.05) is 20.8 Å². The van der Waals surface area contributed by atoms with Crippen molar-refractivity contribution >= 4 is 14.3 Å². The Balaban J connectivity index is 2.30. The van der Waals surface area contributed by atoms with Crippen LogP contribution in [0.4, 0.5) is 0 Å². The van der Waals surface area contributed by atoms with Gasteiger partial charge in [0.25, 0.3) is 0 Å². The van der Waals surface area contributed by atoms with E-state index in [1.165, 1.54) is 13.4 Å². The van der Waals surface area contributed by atoms with Crippen molar-refractivity contribution in [1.82, 2.24) is 0 Å². The summed E-state index contributed by atoms with van der Waals surface area (Å²) >= 11 is 0. The maximum absolute atomic E-state index is 12.0. The predicted octanol–water partition coefficient (Wildman–Crippen LogP) is 3.70. The highest BCUT2D eigenvalue weighted by Gasteiger charge is 2.51. The van der Waals surface area contributed by atoms with Crippen LogP contribution in [0.1, 0.15) is 33.6 Å². The van der Waals surface area contributed by atoms with Crippen molar-refractivity contribution in [1.29, 1.82) is 0 Å². The van der Waals surface area contributed by atoms with Gasteiger partial charge >= 0.3 is 5.97 Å². The van der Waals surface area contributed by atoms with Gasteiger partial charge in [0.1, 0.15) is 0 Å². The summed E-state index contributed by atoms with van der Waals surface area (Å²) in [5.74, 6) is 2.70. The quantitative estimate of drug-likeness (QED) is 0.448. The molecule has 4 atom stereocenters. The fourth-order valence-electron chi connectivity index (χ4n) is 3.17. The smallest absolute Gasteiger partial charge is 0.337 e. The van der Waals surface area contributed by atoms with Crippen molar-refractivity contribution in [3.05, 3.63) is 11.8 Å². The number of hydrogen-bond acceptors (Lipinski definition) is 4. The van der Waals surface area contributed by atoms with Crippen LogP contribution in [0.25, 0.3) is 0 Å². The summed E-state index contributed by atoms with van der Waals surface area (Å²) in [4.78, 5) is 12.0. The van der Waals surface area contributed by atoms with Crippen LogP contribution in [-0.4, -0.2) is 27.7 Å². The molecule has 0 aromatic carbocycles. The Hall–Kier alpha value is -1.25. The van der Waals surface area contributed by atoms with Crippen molar-refractivity contribution in [3.8, 4) is 12.3 Å². The number of rotatable bonds is 3. The zero-order valence-electron chi connectivity index (χ0n) is 15.0. The molecule has 1 aliphatic carbocycles. The number of esters is 1. The van der Waals surface area contributed by atoms with E-state index < -0.39 is 8.32 Å². The Bertz CT molecular complexity index is 538. The molecule has 0 spiro atoms. The van der Waals surface area contributed by atoms with Gasteiger partial charge in [-0.3, -0.25) is 0 Å². The summed E-state index contributed by atoms with van der Waals surface area (Å²) in [6.45, 7) is 11.0. The SMILES string of the molecule is C#C[C@@H]1CC[C@@H]2C(C(=O)OC)=CO[C@@H](O[Si](C)(C)C(C)(C)C)[C@H]12. The van der Waals surface area contributed by atoms with E-state index in [0.29, 0.717) is 5.57 Å². The molecule has 1 saturated carbocycles. The van der Waals surface area contributed by atoms with Crippen molar-refractivity contribution in [2.24, 2.45) is 17.8 Å². The van der Waals surface area contributed by atoms with E-state index in [9.17, 15) is 4.79 Å². The third-order valence-corrected chi connectivity index (χ3v) is 10.0. The van der Waals surface area contributed by atoms with Crippen LogP contribution in [0.3, 0.4) is 0 Å². The minimum absolute atomic E-state index is 0.0215. The normalized spacial score (nSPS) is 30.7. The summed E-state index contributed by atoms with van der Waals surface area (Å²) < 4.78 is 17.2. The average molecular weight is 337 g/mol. The second-order valence-corrected chi connectivity index (χ2v) is 12.7. The van der Waals surface area contributed by atoms with Gasteiger partial charge in [-0.05, 0) is 31.0 Å². The zero-order valence-corrected chi connectivity index (χ0v) is 16.0. The molecule has 0 bridgehead atoms. The zero-order chi connectivity index (χ0) is 17.4. The maximum atomic E-state index is 12.0. The number of carbonyl (C=O) groups is 1. The summed E-state index contributed by atoms with van der Waals surface area (Å²) in [5.41, 5.74) is 0.588. The first-order valence-electron chi connectivity index (χ1n) is 8.20. The highest BCUT2D eigenvalue weighted by atomic mass is 28.4. The predicted molar refractivity (Wildman–Crippen MR) is 91.8 cm³/mol. The van der Waals surface area contributed by atoms with E-state index in [2.05, 4.69) is 39.8 Å². The largest absolute Gasteiger partial charge is 0.473 e. The van der Waals surface area contributed by atoms with Crippen LogP contribution in [0.15, 0.2) is 11.8 Å². The van der Waals surface area contributed by atoms with E-state index in [0.717, 1.165) is 12.8 Å². The van der Waals surface area contributed by atoms with E-state index >= 15 is 0 Å². The molecular formula is C18H28O4Si. The Labute approximate surface area is 140 Å². The lowest BCUT2D eigenvalue weighted by Gasteiger charge is -2.43. The van der Waals surface area contributed by atoms with Crippen LogP contribution in [0.2, 0.25) is 18.1 Å². The lowest BCUT2D eigenvalue weighted by Crippen LogP contribution is -2.49. The summed E-state index contributed by atoms with van der Waals surface area (Å²) in [7, 11) is -0.598. The van der Waals surface area contributed by atoms with E-state index in [1.807, 2.05) is 0 Å². The van der Waals surface area contributed by atoms with Crippen LogP contribution in [0, 0.1) is 30.1 Å². The number of carbonyl (C=O) groups excluding carboxylic acids is 1. The standard InChI is InChI=1S/C18H28O4Si/c1-8-12-9-10-13-14(16(19)20-5)11-21-17(15(12)13)22-23(6,7)18(2,3)4/h1,11-13,15,17H,9-10H2,2-7H3/t12-,13-,15-,17+/m1/s1. The molecule has 2 rings (SSSR count). The van der Waals surface area contributed by atoms with Crippen LogP contribution in [0.5, 0.6) is 0 Å². The first kappa shape index (κ1) is 18.1. The molecule has 1 aliphatic heterocycles. The molecule has 1 fully saturated rings. The molecule has 0 N–H and O–H groups in total. The van der Waals surface area contributed by atoms with Crippen LogP contribution >= 0.6 is 0 Å². The molecule has 0 unspecified atom stereocenters. The van der Waals surface area contributed by atoms with Gasteiger partial charge < -0.3 is 13.9 Å². The third-order valence-electron chi connectivity index (χ3n) is 5.61. The Morgan fingerprint density at radius 1 is 1.39 bits per heavy atom. The molecule has 4 nitrogen and oxygen atoms in total. The van der Waals surface area contributed by atoms with Gasteiger partial charge in [0.05, 0.1) is 18.9 Å². The Morgan fingerprint density at radius 2 is 2.04 bits per heavy atom. The van der Waals surface area contributed by atoms with Gasteiger partial charge in [-0.15, -0.1) is 12.3 Å². The number of terminal acetylenes is 1. The molecular weight excluding hydrogens is 308 g/mol. The van der Waals surface area contributed by atoms with E-state index in [1.54, 1.807) is 0 Å². The highest BCUT2D eigenvalue weighted by molar-refractivity contribution is 6.74. The number of hydrogen-bond donors (Lipinski definition) is 0. The minimum Gasteiger partial charge on any atom is -0.473 e. The van der Waals surface area contributed by atoms with Gasteiger partial charge in [-0.2, -0.15) is 0 Å². The molecule has 2 aliphatic rings. The second-order valence-electron chi connectivity index (χ2n) is 7.98. The average Bonchev–Trinajstić information content (AvgIpc) is 2.89. The molecule has 0 aromatic rings. The van der Waals surface area contributed by atoms with Crippen molar-refractivity contribution in [2.75, 3.05) is 7.11 Å². The molecule has 23 heavy (non-hydrogen) atoms. The van der Waals surface area contributed by atoms with Crippen LogP contribution < -0.4 is 0 Å². The Morgan fingerprint density at radius 3 is 2.57 bits per heavy atom. The molecule has 5 heteroatoms. The number of ether oxygens (including phenoxy) is 2. The number of fused-ring (bicyclic) bond motifs is 1. The van der Waals surface area contributed by atoms with Gasteiger partial charge in [-0.25, -0.2) is 4.79 Å². The summed E-state index contributed by atoms with van der Waals surface area (Å²) in [5, 5.41) is 0.0858.